The van der Waals surface area contributed by atoms with Crippen molar-refractivity contribution in [3.63, 3.8) is 0 Å². The van der Waals surface area contributed by atoms with E-state index in [1.54, 1.807) is 21.3 Å². The molecule has 3 rings (SSSR count). The molecule has 1 heterocycles. The minimum atomic E-state index is -0.551. The van der Waals surface area contributed by atoms with Crippen molar-refractivity contribution in [2.24, 2.45) is 0 Å². The fraction of sp³-hybridized carbons (Fsp3) is 0.500. The first-order valence-electron chi connectivity index (χ1n) is 7.34. The van der Waals surface area contributed by atoms with E-state index >= 15 is 0 Å². The third kappa shape index (κ3) is 1.98. The van der Waals surface area contributed by atoms with Gasteiger partial charge in [0.05, 0.1) is 34.4 Å². The van der Waals surface area contributed by atoms with Crippen LogP contribution in [0.5, 0.6) is 17.2 Å². The van der Waals surface area contributed by atoms with Gasteiger partial charge in [-0.1, -0.05) is 0 Å². The van der Waals surface area contributed by atoms with Gasteiger partial charge in [-0.2, -0.15) is 0 Å². The lowest BCUT2D eigenvalue weighted by Crippen LogP contribution is -2.50. The van der Waals surface area contributed by atoms with Crippen LogP contribution in [-0.4, -0.2) is 52.0 Å². The van der Waals surface area contributed by atoms with Crippen LogP contribution in [0.3, 0.4) is 0 Å². The summed E-state index contributed by atoms with van der Waals surface area (Å²) in [5, 5.41) is 0. The van der Waals surface area contributed by atoms with Crippen LogP contribution >= 0.6 is 0 Å². The summed E-state index contributed by atoms with van der Waals surface area (Å²) in [6.45, 7) is 1.56. The molecule has 0 bridgehead atoms. The highest BCUT2D eigenvalue weighted by molar-refractivity contribution is 6.64. The van der Waals surface area contributed by atoms with E-state index in [9.17, 15) is 9.59 Å². The molecule has 22 heavy (non-hydrogen) atoms. The summed E-state index contributed by atoms with van der Waals surface area (Å²) < 4.78 is 16.5. The summed E-state index contributed by atoms with van der Waals surface area (Å²) in [6, 6.07) is 3.15. The second-order valence-electron chi connectivity index (χ2n) is 5.70. The zero-order valence-corrected chi connectivity index (χ0v) is 13.0. The van der Waals surface area contributed by atoms with Gasteiger partial charge in [0.25, 0.3) is 11.6 Å². The molecule has 0 unspecified atom stereocenters. The maximum Gasteiger partial charge on any atom is 0.271 e. The number of ketones is 2. The van der Waals surface area contributed by atoms with E-state index in [0.717, 1.165) is 31.6 Å². The van der Waals surface area contributed by atoms with Crippen LogP contribution in [0.1, 0.15) is 12.8 Å². The number of Topliss-reactive ketones (excluding diaryl/α,β-unsaturated/α-hetero) is 2. The molecule has 2 fully saturated rings. The first-order chi connectivity index (χ1) is 10.6. The highest BCUT2D eigenvalue weighted by atomic mass is 16.5. The normalized spacial score (nSPS) is 20.1. The number of ether oxygens (including phenoxy) is 3. The molecule has 1 saturated heterocycles. The van der Waals surface area contributed by atoms with Crippen molar-refractivity contribution < 1.29 is 23.8 Å². The Kier molecular flexibility index (Phi) is 3.56. The van der Waals surface area contributed by atoms with Gasteiger partial charge in [0.2, 0.25) is 11.8 Å². The number of rotatable bonds is 5. The Morgan fingerprint density at radius 1 is 0.909 bits per heavy atom. The Hall–Kier alpha value is -2.08. The van der Waals surface area contributed by atoms with Gasteiger partial charge in [0.1, 0.15) is 5.69 Å². The third-order valence-electron chi connectivity index (χ3n) is 4.68. The molecule has 0 spiro atoms. The smallest absolute Gasteiger partial charge is 0.271 e. The zero-order chi connectivity index (χ0) is 15.9. The van der Waals surface area contributed by atoms with E-state index in [0.29, 0.717) is 21.7 Å². The Morgan fingerprint density at radius 3 is 1.77 bits per heavy atom. The maximum absolute atomic E-state index is 11.8. The van der Waals surface area contributed by atoms with Crippen molar-refractivity contribution in [1.82, 2.24) is 4.48 Å². The number of carbonyl (C=O) groups excluding carboxylic acids is 2. The average Bonchev–Trinajstić information content (AvgIpc) is 2.95. The van der Waals surface area contributed by atoms with E-state index in [1.165, 1.54) is 0 Å². The fourth-order valence-electron chi connectivity index (χ4n) is 3.51. The largest absolute Gasteiger partial charge is 0.492 e. The average molecular weight is 306 g/mol. The van der Waals surface area contributed by atoms with Gasteiger partial charge in [0, 0.05) is 25.0 Å². The van der Waals surface area contributed by atoms with Gasteiger partial charge >= 0.3 is 0 Å². The van der Waals surface area contributed by atoms with Gasteiger partial charge in [-0.25, -0.2) is 0 Å². The summed E-state index contributed by atoms with van der Waals surface area (Å²) in [7, 11) is 4.67. The monoisotopic (exact) mass is 306 g/mol. The van der Waals surface area contributed by atoms with Crippen molar-refractivity contribution in [3.05, 3.63) is 12.1 Å². The summed E-state index contributed by atoms with van der Waals surface area (Å²) in [6.07, 6.45) is 1.99. The quantitative estimate of drug-likeness (QED) is 0.467. The minimum Gasteiger partial charge on any atom is -0.492 e. The van der Waals surface area contributed by atoms with Crippen LogP contribution < -0.4 is 18.7 Å². The molecular formula is C16H20NO5+. The molecule has 1 aromatic rings. The number of benzene rings is 1. The Balaban J connectivity index is 2.13. The first kappa shape index (κ1) is 14.8. The molecule has 1 saturated carbocycles. The SMILES string of the molecule is COc1cc([N+]2(C3C(=O)C3=O)CCCC2)cc(OC)c1OC. The van der Waals surface area contributed by atoms with E-state index in [2.05, 4.69) is 0 Å². The van der Waals surface area contributed by atoms with Crippen molar-refractivity contribution in [2.45, 2.75) is 18.9 Å². The molecule has 0 radical (unpaired) electrons. The second kappa shape index (κ2) is 5.28. The zero-order valence-electron chi connectivity index (χ0n) is 13.0. The molecular weight excluding hydrogens is 286 g/mol. The second-order valence-corrected chi connectivity index (χ2v) is 5.70. The van der Waals surface area contributed by atoms with Crippen molar-refractivity contribution >= 4 is 17.3 Å². The minimum absolute atomic E-state index is 0.268. The molecule has 6 heteroatoms. The molecule has 2 aliphatic rings. The molecule has 118 valence electrons. The van der Waals surface area contributed by atoms with E-state index < -0.39 is 6.04 Å². The predicted molar refractivity (Wildman–Crippen MR) is 80.7 cm³/mol. The summed E-state index contributed by atoms with van der Waals surface area (Å²) in [5.41, 5.74) is 0.871. The van der Waals surface area contributed by atoms with Crippen LogP contribution in [0.25, 0.3) is 0 Å². The Morgan fingerprint density at radius 2 is 1.41 bits per heavy atom. The molecule has 1 aliphatic carbocycles. The Labute approximate surface area is 129 Å². The number of methoxy groups -OCH3 is 3. The summed E-state index contributed by atoms with van der Waals surface area (Å²) in [5.74, 6) is 1.06. The van der Waals surface area contributed by atoms with Crippen LogP contribution in [0.2, 0.25) is 0 Å². The molecule has 6 nitrogen and oxygen atoms in total. The fourth-order valence-corrected chi connectivity index (χ4v) is 3.51. The van der Waals surface area contributed by atoms with Crippen LogP contribution in [0, 0.1) is 0 Å². The number of nitrogens with zero attached hydrogens (tertiary/aromatic N) is 1. The number of likely N-dealkylation sites (tertiary alicyclic amines) is 1. The number of carbonyl (C=O) groups is 2. The summed E-state index contributed by atoms with van der Waals surface area (Å²) >= 11 is 0. The molecule has 0 atom stereocenters. The van der Waals surface area contributed by atoms with Gasteiger partial charge < -0.3 is 14.2 Å². The molecule has 0 aromatic heterocycles. The highest BCUT2D eigenvalue weighted by Crippen LogP contribution is 2.46. The van der Waals surface area contributed by atoms with Crippen molar-refractivity contribution in [2.75, 3.05) is 34.4 Å². The van der Waals surface area contributed by atoms with Gasteiger partial charge in [0.15, 0.2) is 11.5 Å². The van der Waals surface area contributed by atoms with Gasteiger partial charge in [-0.15, -0.1) is 0 Å². The molecule has 1 aromatic carbocycles. The number of hydrogen-bond donors (Lipinski definition) is 0. The Bertz CT molecular complexity index is 594. The lowest BCUT2D eigenvalue weighted by molar-refractivity contribution is -0.122. The van der Waals surface area contributed by atoms with Crippen LogP contribution in [0.4, 0.5) is 5.69 Å². The lowest BCUT2D eigenvalue weighted by atomic mass is 10.2. The number of quaternary nitrogens is 1. The van der Waals surface area contributed by atoms with Crippen molar-refractivity contribution in [3.8, 4) is 17.2 Å². The lowest BCUT2D eigenvalue weighted by Gasteiger charge is -2.32. The standard InChI is InChI=1S/C16H20NO5/c1-20-11-8-10(9-12(21-2)16(11)22-3)17(6-4-5-7-17)13-14(18)15(13)19/h8-9,13H,4-7H2,1-3H3/q+1. The molecule has 0 amide bonds. The maximum atomic E-state index is 11.8. The van der Waals surface area contributed by atoms with Gasteiger partial charge in [-0.05, 0) is 0 Å². The van der Waals surface area contributed by atoms with Crippen molar-refractivity contribution in [1.29, 1.82) is 0 Å². The first-order valence-corrected chi connectivity index (χ1v) is 7.34. The highest BCUT2D eigenvalue weighted by Gasteiger charge is 2.65. The van der Waals surface area contributed by atoms with Crippen LogP contribution in [-0.2, 0) is 9.59 Å². The molecule has 1 aliphatic heterocycles. The predicted octanol–water partition coefficient (Wildman–Crippen LogP) is 1.33. The molecule has 0 N–H and O–H groups in total. The number of hydrogen-bond acceptors (Lipinski definition) is 5. The van der Waals surface area contributed by atoms with Gasteiger partial charge in [-0.3, -0.25) is 14.1 Å². The summed E-state index contributed by atoms with van der Waals surface area (Å²) in [4.78, 5) is 23.5. The third-order valence-corrected chi connectivity index (χ3v) is 4.68. The van der Waals surface area contributed by atoms with E-state index in [1.807, 2.05) is 12.1 Å². The van der Waals surface area contributed by atoms with E-state index in [4.69, 9.17) is 14.2 Å². The topological polar surface area (TPSA) is 61.8 Å². The van der Waals surface area contributed by atoms with Crippen LogP contribution in [0.15, 0.2) is 12.1 Å². The van der Waals surface area contributed by atoms with E-state index in [-0.39, 0.29) is 11.6 Å².